The van der Waals surface area contributed by atoms with E-state index in [-0.39, 0.29) is 5.41 Å². The number of hydrogen-bond acceptors (Lipinski definition) is 2. The van der Waals surface area contributed by atoms with Crippen LogP contribution in [0.5, 0.6) is 0 Å². The molecule has 0 aromatic carbocycles. The molecule has 17 heavy (non-hydrogen) atoms. The highest BCUT2D eigenvalue weighted by Crippen LogP contribution is 2.37. The first-order valence-electron chi connectivity index (χ1n) is 7.64. The van der Waals surface area contributed by atoms with Crippen molar-refractivity contribution in [2.75, 3.05) is 13.2 Å². The minimum Gasteiger partial charge on any atom is -0.396 e. The van der Waals surface area contributed by atoms with Crippen LogP contribution in [-0.4, -0.2) is 24.3 Å². The predicted octanol–water partition coefficient (Wildman–Crippen LogP) is 3.10. The molecule has 0 radical (unpaired) electrons. The van der Waals surface area contributed by atoms with Crippen molar-refractivity contribution >= 4 is 0 Å². The lowest BCUT2D eigenvalue weighted by Crippen LogP contribution is -2.44. The van der Waals surface area contributed by atoms with Gasteiger partial charge >= 0.3 is 0 Å². The van der Waals surface area contributed by atoms with Gasteiger partial charge in [0, 0.05) is 24.6 Å². The van der Waals surface area contributed by atoms with Gasteiger partial charge in [-0.1, -0.05) is 39.0 Å². The maximum atomic E-state index is 9.63. The molecule has 2 fully saturated rings. The molecule has 0 heterocycles. The lowest BCUT2D eigenvalue weighted by molar-refractivity contribution is 0.115. The highest BCUT2D eigenvalue weighted by atomic mass is 16.3. The van der Waals surface area contributed by atoms with Crippen LogP contribution in [0.3, 0.4) is 0 Å². The molecule has 2 aliphatic carbocycles. The number of hydrogen-bond donors (Lipinski definition) is 2. The second kappa shape index (κ2) is 6.19. The molecule has 0 amide bonds. The fourth-order valence-electron chi connectivity index (χ4n) is 3.83. The van der Waals surface area contributed by atoms with Crippen LogP contribution in [0.4, 0.5) is 0 Å². The second-order valence-electron chi connectivity index (χ2n) is 6.31. The van der Waals surface area contributed by atoms with Gasteiger partial charge in [0.1, 0.15) is 0 Å². The fourth-order valence-corrected chi connectivity index (χ4v) is 3.83. The SMILES string of the molecule is CCC1CCCCC1NCC1(CO)CCCC1. The molecule has 0 aromatic rings. The van der Waals surface area contributed by atoms with E-state index in [2.05, 4.69) is 12.2 Å². The summed E-state index contributed by atoms with van der Waals surface area (Å²) in [6, 6.07) is 0.720. The van der Waals surface area contributed by atoms with E-state index in [1.165, 1.54) is 57.8 Å². The summed E-state index contributed by atoms with van der Waals surface area (Å²) in [5.74, 6) is 0.876. The van der Waals surface area contributed by atoms with Crippen LogP contribution in [0.1, 0.15) is 64.7 Å². The molecular formula is C15H29NO. The molecule has 100 valence electrons. The topological polar surface area (TPSA) is 32.3 Å². The summed E-state index contributed by atoms with van der Waals surface area (Å²) >= 11 is 0. The van der Waals surface area contributed by atoms with Gasteiger partial charge in [-0.25, -0.2) is 0 Å². The van der Waals surface area contributed by atoms with Gasteiger partial charge in [0.25, 0.3) is 0 Å². The predicted molar refractivity (Wildman–Crippen MR) is 72.0 cm³/mol. The van der Waals surface area contributed by atoms with E-state index in [9.17, 15) is 5.11 Å². The van der Waals surface area contributed by atoms with Crippen molar-refractivity contribution in [2.45, 2.75) is 70.8 Å². The molecule has 2 rings (SSSR count). The summed E-state index contributed by atoms with van der Waals surface area (Å²) in [7, 11) is 0. The smallest absolute Gasteiger partial charge is 0.0499 e. The number of aliphatic hydroxyl groups is 1. The first kappa shape index (κ1) is 13.4. The van der Waals surface area contributed by atoms with Crippen LogP contribution in [0.25, 0.3) is 0 Å². The molecule has 2 saturated carbocycles. The first-order chi connectivity index (χ1) is 8.29. The number of nitrogens with one attached hydrogen (secondary N) is 1. The van der Waals surface area contributed by atoms with Crippen molar-refractivity contribution in [3.63, 3.8) is 0 Å². The summed E-state index contributed by atoms with van der Waals surface area (Å²) in [6.45, 7) is 3.75. The molecule has 0 aliphatic heterocycles. The average molecular weight is 239 g/mol. The highest BCUT2D eigenvalue weighted by Gasteiger charge is 2.34. The molecule has 0 saturated heterocycles. The van der Waals surface area contributed by atoms with Crippen LogP contribution in [0.2, 0.25) is 0 Å². The Labute approximate surface area is 106 Å². The Balaban J connectivity index is 1.83. The first-order valence-corrected chi connectivity index (χ1v) is 7.64. The largest absolute Gasteiger partial charge is 0.396 e. The maximum absolute atomic E-state index is 9.63. The van der Waals surface area contributed by atoms with Gasteiger partial charge < -0.3 is 10.4 Å². The summed E-state index contributed by atoms with van der Waals surface area (Å²) < 4.78 is 0. The number of aliphatic hydroxyl groups excluding tert-OH is 1. The van der Waals surface area contributed by atoms with Crippen molar-refractivity contribution in [3.05, 3.63) is 0 Å². The van der Waals surface area contributed by atoms with Gasteiger partial charge in [0.15, 0.2) is 0 Å². The molecule has 0 spiro atoms. The molecule has 2 nitrogen and oxygen atoms in total. The summed E-state index contributed by atoms with van der Waals surface area (Å²) in [5, 5.41) is 13.4. The minimum absolute atomic E-state index is 0.218. The van der Waals surface area contributed by atoms with Crippen molar-refractivity contribution < 1.29 is 5.11 Å². The Morgan fingerprint density at radius 3 is 2.47 bits per heavy atom. The molecule has 2 heteroatoms. The maximum Gasteiger partial charge on any atom is 0.0499 e. The normalized spacial score (nSPS) is 32.8. The zero-order valence-corrected chi connectivity index (χ0v) is 11.4. The van der Waals surface area contributed by atoms with Crippen molar-refractivity contribution in [1.29, 1.82) is 0 Å². The third kappa shape index (κ3) is 3.23. The Hall–Kier alpha value is -0.0800. The van der Waals surface area contributed by atoms with E-state index < -0.39 is 0 Å². The quantitative estimate of drug-likeness (QED) is 0.772. The van der Waals surface area contributed by atoms with E-state index in [0.717, 1.165) is 18.5 Å². The highest BCUT2D eigenvalue weighted by molar-refractivity contribution is 4.89. The van der Waals surface area contributed by atoms with E-state index in [1.54, 1.807) is 0 Å². The van der Waals surface area contributed by atoms with E-state index in [1.807, 2.05) is 0 Å². The zero-order valence-electron chi connectivity index (χ0n) is 11.4. The van der Waals surface area contributed by atoms with Gasteiger partial charge in [-0.15, -0.1) is 0 Å². The lowest BCUT2D eigenvalue weighted by atomic mass is 9.81. The van der Waals surface area contributed by atoms with Crippen LogP contribution in [0.15, 0.2) is 0 Å². The summed E-state index contributed by atoms with van der Waals surface area (Å²) in [6.07, 6.45) is 11.9. The Kier molecular flexibility index (Phi) is 4.87. The third-order valence-electron chi connectivity index (χ3n) is 5.17. The van der Waals surface area contributed by atoms with Crippen molar-refractivity contribution in [2.24, 2.45) is 11.3 Å². The van der Waals surface area contributed by atoms with Gasteiger partial charge in [-0.2, -0.15) is 0 Å². The van der Waals surface area contributed by atoms with Gasteiger partial charge in [0.05, 0.1) is 0 Å². The van der Waals surface area contributed by atoms with Crippen molar-refractivity contribution in [3.8, 4) is 0 Å². The third-order valence-corrected chi connectivity index (χ3v) is 5.17. The number of rotatable bonds is 5. The van der Waals surface area contributed by atoms with Gasteiger partial charge in [-0.3, -0.25) is 0 Å². The second-order valence-corrected chi connectivity index (χ2v) is 6.31. The molecule has 0 bridgehead atoms. The molecule has 2 atom stereocenters. The molecule has 0 aromatic heterocycles. The minimum atomic E-state index is 0.218. The monoisotopic (exact) mass is 239 g/mol. The van der Waals surface area contributed by atoms with Crippen LogP contribution < -0.4 is 5.32 Å². The zero-order chi connectivity index (χ0) is 12.1. The lowest BCUT2D eigenvalue weighted by Gasteiger charge is -2.35. The average Bonchev–Trinajstić information content (AvgIpc) is 2.86. The molecule has 2 unspecified atom stereocenters. The summed E-state index contributed by atoms with van der Waals surface area (Å²) in [4.78, 5) is 0. The van der Waals surface area contributed by atoms with E-state index in [4.69, 9.17) is 0 Å². The van der Waals surface area contributed by atoms with Crippen LogP contribution >= 0.6 is 0 Å². The van der Waals surface area contributed by atoms with Crippen molar-refractivity contribution in [1.82, 2.24) is 5.32 Å². The van der Waals surface area contributed by atoms with Crippen LogP contribution in [0, 0.1) is 11.3 Å². The Morgan fingerprint density at radius 2 is 1.82 bits per heavy atom. The Bertz CT molecular complexity index is 223. The fraction of sp³-hybridized carbons (Fsp3) is 1.00. The molecular weight excluding hydrogens is 210 g/mol. The van der Waals surface area contributed by atoms with E-state index in [0.29, 0.717) is 6.61 Å². The van der Waals surface area contributed by atoms with Gasteiger partial charge in [0.2, 0.25) is 0 Å². The molecule has 2 N–H and O–H groups in total. The van der Waals surface area contributed by atoms with E-state index >= 15 is 0 Å². The molecule has 2 aliphatic rings. The standard InChI is InChI=1S/C15H29NO/c1-2-13-7-3-4-8-14(13)16-11-15(12-17)9-5-6-10-15/h13-14,16-17H,2-12H2,1H3. The van der Waals surface area contributed by atoms with Crippen LogP contribution in [-0.2, 0) is 0 Å². The van der Waals surface area contributed by atoms with Gasteiger partial charge in [-0.05, 0) is 31.6 Å². The summed E-state index contributed by atoms with van der Waals surface area (Å²) in [5.41, 5.74) is 0.218. The Morgan fingerprint density at radius 1 is 1.12 bits per heavy atom.